The summed E-state index contributed by atoms with van der Waals surface area (Å²) < 4.78 is 5.36. The van der Waals surface area contributed by atoms with Crippen LogP contribution < -0.4 is 4.74 Å². The zero-order chi connectivity index (χ0) is 11.5. The Morgan fingerprint density at radius 2 is 2.25 bits per heavy atom. The van der Waals surface area contributed by atoms with Gasteiger partial charge in [0.2, 0.25) is 5.88 Å². The summed E-state index contributed by atoms with van der Waals surface area (Å²) in [5.41, 5.74) is 0.265. The van der Waals surface area contributed by atoms with E-state index in [-0.39, 0.29) is 5.56 Å². The van der Waals surface area contributed by atoms with Gasteiger partial charge in [0, 0.05) is 11.6 Å². The molecule has 0 fully saturated rings. The van der Waals surface area contributed by atoms with Gasteiger partial charge in [-0.2, -0.15) is 0 Å². The molecule has 16 heavy (non-hydrogen) atoms. The third-order valence-corrected chi connectivity index (χ3v) is 2.26. The number of fused-ring (bicyclic) bond motifs is 1. The van der Waals surface area contributed by atoms with Gasteiger partial charge in [0.05, 0.1) is 12.2 Å². The molecule has 0 aliphatic carbocycles. The first-order valence-electron chi connectivity index (χ1n) is 4.97. The fourth-order valence-corrected chi connectivity index (χ4v) is 1.53. The fraction of sp³-hybridized carbons (Fsp3) is 0.167. The quantitative estimate of drug-likeness (QED) is 0.857. The normalized spacial score (nSPS) is 10.3. The molecule has 2 rings (SSSR count). The van der Waals surface area contributed by atoms with Gasteiger partial charge in [-0.15, -0.1) is 0 Å². The summed E-state index contributed by atoms with van der Waals surface area (Å²) >= 11 is 0. The zero-order valence-electron chi connectivity index (χ0n) is 8.80. The summed E-state index contributed by atoms with van der Waals surface area (Å²) in [5, 5.41) is 10.5. The van der Waals surface area contributed by atoms with E-state index in [1.807, 2.05) is 6.92 Å². The first kappa shape index (κ1) is 10.4. The Labute approximate surface area is 92.5 Å². The number of carbonyl (C=O) groups is 1. The highest BCUT2D eigenvalue weighted by atomic mass is 16.5. The molecule has 0 radical (unpaired) electrons. The summed E-state index contributed by atoms with van der Waals surface area (Å²) in [5.74, 6) is -0.395. The third-order valence-electron chi connectivity index (χ3n) is 2.26. The van der Waals surface area contributed by atoms with Gasteiger partial charge in [-0.1, -0.05) is 0 Å². The molecule has 1 aromatic carbocycles. The van der Waals surface area contributed by atoms with Crippen molar-refractivity contribution in [1.82, 2.24) is 4.98 Å². The predicted molar refractivity (Wildman–Crippen MR) is 59.9 cm³/mol. The number of aromatic nitrogens is 1. The van der Waals surface area contributed by atoms with E-state index >= 15 is 0 Å². The summed E-state index contributed by atoms with van der Waals surface area (Å²) in [4.78, 5) is 14.9. The van der Waals surface area contributed by atoms with Crippen molar-refractivity contribution in [3.63, 3.8) is 0 Å². The Bertz CT molecular complexity index is 537. The summed E-state index contributed by atoms with van der Waals surface area (Å²) in [6.45, 7) is 2.42. The van der Waals surface area contributed by atoms with Crippen LogP contribution in [0.1, 0.15) is 17.3 Å². The van der Waals surface area contributed by atoms with Crippen LogP contribution in [-0.4, -0.2) is 22.7 Å². The van der Waals surface area contributed by atoms with Gasteiger partial charge in [0.15, 0.2) is 0 Å². The number of carboxylic acid groups (broad SMARTS) is 1. The lowest BCUT2D eigenvalue weighted by Gasteiger charge is -2.06. The molecule has 82 valence electrons. The number of hydrogen-bond donors (Lipinski definition) is 1. The van der Waals surface area contributed by atoms with Crippen molar-refractivity contribution in [1.29, 1.82) is 0 Å². The number of hydrogen-bond acceptors (Lipinski definition) is 3. The number of carboxylic acids is 1. The Morgan fingerprint density at radius 3 is 2.94 bits per heavy atom. The molecule has 4 nitrogen and oxygen atoms in total. The molecule has 0 aliphatic rings. The minimum Gasteiger partial charge on any atom is -0.478 e. The van der Waals surface area contributed by atoms with Crippen molar-refractivity contribution in [3.05, 3.63) is 36.0 Å². The van der Waals surface area contributed by atoms with Crippen LogP contribution in [0.4, 0.5) is 0 Å². The molecule has 0 saturated heterocycles. The van der Waals surface area contributed by atoms with Gasteiger partial charge in [-0.05, 0) is 36.6 Å². The Balaban J connectivity index is 2.59. The number of aromatic carboxylic acids is 1. The highest BCUT2D eigenvalue weighted by Crippen LogP contribution is 2.23. The van der Waals surface area contributed by atoms with Crippen LogP contribution in [0.25, 0.3) is 10.8 Å². The van der Waals surface area contributed by atoms with E-state index in [0.717, 1.165) is 10.8 Å². The van der Waals surface area contributed by atoms with Crippen molar-refractivity contribution >= 4 is 16.7 Å². The topological polar surface area (TPSA) is 59.4 Å². The second kappa shape index (κ2) is 4.18. The minimum absolute atomic E-state index is 0.265. The number of pyridine rings is 1. The van der Waals surface area contributed by atoms with Gasteiger partial charge in [0.1, 0.15) is 0 Å². The summed E-state index contributed by atoms with van der Waals surface area (Å²) in [7, 11) is 0. The average molecular weight is 217 g/mol. The lowest BCUT2D eigenvalue weighted by atomic mass is 10.1. The second-order valence-corrected chi connectivity index (χ2v) is 3.29. The Morgan fingerprint density at radius 1 is 1.44 bits per heavy atom. The van der Waals surface area contributed by atoms with Crippen molar-refractivity contribution < 1.29 is 14.6 Å². The van der Waals surface area contributed by atoms with Crippen LogP contribution in [0.3, 0.4) is 0 Å². The third kappa shape index (κ3) is 1.82. The molecule has 1 N–H and O–H groups in total. The molecule has 0 amide bonds. The predicted octanol–water partition coefficient (Wildman–Crippen LogP) is 2.33. The number of ether oxygens (including phenoxy) is 1. The number of rotatable bonds is 3. The van der Waals surface area contributed by atoms with Gasteiger partial charge in [-0.25, -0.2) is 9.78 Å². The molecule has 0 atom stereocenters. The van der Waals surface area contributed by atoms with E-state index in [4.69, 9.17) is 9.84 Å². The molecule has 0 unspecified atom stereocenters. The maximum absolute atomic E-state index is 10.8. The molecular weight excluding hydrogens is 206 g/mol. The Kier molecular flexibility index (Phi) is 2.72. The highest BCUT2D eigenvalue weighted by Gasteiger charge is 2.07. The summed E-state index contributed by atoms with van der Waals surface area (Å²) in [6, 6.07) is 6.65. The van der Waals surface area contributed by atoms with Gasteiger partial charge < -0.3 is 9.84 Å². The molecule has 0 bridgehead atoms. The fourth-order valence-electron chi connectivity index (χ4n) is 1.53. The first-order chi connectivity index (χ1) is 7.72. The highest BCUT2D eigenvalue weighted by molar-refractivity contribution is 5.95. The summed E-state index contributed by atoms with van der Waals surface area (Å²) in [6.07, 6.45) is 1.61. The zero-order valence-corrected chi connectivity index (χ0v) is 8.80. The molecule has 1 aromatic heterocycles. The van der Waals surface area contributed by atoms with Crippen LogP contribution in [-0.2, 0) is 0 Å². The lowest BCUT2D eigenvalue weighted by Crippen LogP contribution is -1.98. The van der Waals surface area contributed by atoms with E-state index in [1.54, 1.807) is 30.5 Å². The maximum atomic E-state index is 10.8. The second-order valence-electron chi connectivity index (χ2n) is 3.29. The minimum atomic E-state index is -0.934. The molecule has 1 heterocycles. The largest absolute Gasteiger partial charge is 0.478 e. The van der Waals surface area contributed by atoms with Crippen LogP contribution in [0, 0.1) is 0 Å². The van der Waals surface area contributed by atoms with Gasteiger partial charge in [-0.3, -0.25) is 0 Å². The van der Waals surface area contributed by atoms with Crippen LogP contribution in [0.15, 0.2) is 30.5 Å². The smallest absolute Gasteiger partial charge is 0.335 e. The molecule has 4 heteroatoms. The van der Waals surface area contributed by atoms with E-state index in [9.17, 15) is 4.79 Å². The standard InChI is InChI=1S/C12H11NO3/c1-2-16-11-10-4-3-9(12(14)15)7-8(10)5-6-13-11/h3-7H,2H2,1H3,(H,14,15). The van der Waals surface area contributed by atoms with Crippen molar-refractivity contribution in [2.75, 3.05) is 6.61 Å². The lowest BCUT2D eigenvalue weighted by molar-refractivity contribution is 0.0697. The number of nitrogens with zero attached hydrogens (tertiary/aromatic N) is 1. The van der Waals surface area contributed by atoms with E-state index < -0.39 is 5.97 Å². The maximum Gasteiger partial charge on any atom is 0.335 e. The van der Waals surface area contributed by atoms with E-state index in [1.165, 1.54) is 0 Å². The average Bonchev–Trinajstić information content (AvgIpc) is 2.29. The SMILES string of the molecule is CCOc1nccc2cc(C(=O)O)ccc12. The van der Waals surface area contributed by atoms with Crippen LogP contribution >= 0.6 is 0 Å². The van der Waals surface area contributed by atoms with Crippen LogP contribution in [0.5, 0.6) is 5.88 Å². The van der Waals surface area contributed by atoms with Crippen molar-refractivity contribution in [2.45, 2.75) is 6.92 Å². The van der Waals surface area contributed by atoms with E-state index in [2.05, 4.69) is 4.98 Å². The van der Waals surface area contributed by atoms with Crippen molar-refractivity contribution in [2.24, 2.45) is 0 Å². The van der Waals surface area contributed by atoms with E-state index in [0.29, 0.717) is 12.5 Å². The van der Waals surface area contributed by atoms with Crippen LogP contribution in [0.2, 0.25) is 0 Å². The van der Waals surface area contributed by atoms with Gasteiger partial charge >= 0.3 is 5.97 Å². The first-order valence-corrected chi connectivity index (χ1v) is 4.97. The molecule has 2 aromatic rings. The number of benzene rings is 1. The molecule has 0 spiro atoms. The Hall–Kier alpha value is -2.10. The molecular formula is C12H11NO3. The molecule has 0 saturated carbocycles. The van der Waals surface area contributed by atoms with Crippen molar-refractivity contribution in [3.8, 4) is 5.88 Å². The molecule has 0 aliphatic heterocycles. The van der Waals surface area contributed by atoms with Gasteiger partial charge in [0.25, 0.3) is 0 Å². The monoisotopic (exact) mass is 217 g/mol.